The van der Waals surface area contributed by atoms with E-state index in [9.17, 15) is 22.8 Å². The van der Waals surface area contributed by atoms with Crippen LogP contribution < -0.4 is 10.2 Å². The van der Waals surface area contributed by atoms with E-state index >= 15 is 0 Å². The molecule has 3 aliphatic rings. The monoisotopic (exact) mass is 457 g/mol. The summed E-state index contributed by atoms with van der Waals surface area (Å²) in [5.74, 6) is 0.535. The smallest absolute Gasteiger partial charge is 0.358 e. The summed E-state index contributed by atoms with van der Waals surface area (Å²) in [5.41, 5.74) is 3.20. The highest BCUT2D eigenvalue weighted by molar-refractivity contribution is 5.85. The first-order valence-corrected chi connectivity index (χ1v) is 11.4. The second-order valence-corrected chi connectivity index (χ2v) is 9.17. The summed E-state index contributed by atoms with van der Waals surface area (Å²) in [7, 11) is 0. The summed E-state index contributed by atoms with van der Waals surface area (Å²) >= 11 is 0. The van der Waals surface area contributed by atoms with Crippen LogP contribution >= 0.6 is 0 Å². The third kappa shape index (κ3) is 4.43. The van der Waals surface area contributed by atoms with Crippen LogP contribution in [0, 0.1) is 0 Å². The minimum absolute atomic E-state index is 0.0820. The van der Waals surface area contributed by atoms with E-state index in [1.54, 1.807) is 4.90 Å². The van der Waals surface area contributed by atoms with Gasteiger partial charge in [-0.25, -0.2) is 0 Å². The number of hydrogen-bond acceptors (Lipinski definition) is 4. The van der Waals surface area contributed by atoms with Crippen molar-refractivity contribution in [3.63, 3.8) is 0 Å². The maximum atomic E-state index is 12.7. The van der Waals surface area contributed by atoms with Crippen molar-refractivity contribution in [1.29, 1.82) is 0 Å². The van der Waals surface area contributed by atoms with Crippen LogP contribution in [0.2, 0.25) is 0 Å². The molecule has 0 aromatic heterocycles. The first-order chi connectivity index (χ1) is 15.8. The molecule has 5 nitrogen and oxygen atoms in total. The van der Waals surface area contributed by atoms with Crippen LogP contribution in [0.5, 0.6) is 0 Å². The number of carbonyl (C=O) groups is 2. The van der Waals surface area contributed by atoms with Gasteiger partial charge in [-0.05, 0) is 67.0 Å². The van der Waals surface area contributed by atoms with Gasteiger partial charge in [0.2, 0.25) is 5.91 Å². The Morgan fingerprint density at radius 2 is 1.73 bits per heavy atom. The lowest BCUT2D eigenvalue weighted by atomic mass is 10.00. The number of rotatable bonds is 5. The Bertz CT molecular complexity index is 1040. The van der Waals surface area contributed by atoms with Gasteiger partial charge in [0, 0.05) is 19.1 Å². The highest BCUT2D eigenvalue weighted by Crippen LogP contribution is 2.45. The standard InChI is InChI=1S/C25H26F3N3O2/c26-25(27,28)19-6-1-16(2-7-19)13-24(33)30-11-9-20(10-12-30)31-22-14-18(17-3-4-17)5-8-21(22)29-23(31)15-32/h1-2,5-8,14-15,17,20,23,29H,3-4,9-13H2. The Morgan fingerprint density at radius 1 is 1.03 bits per heavy atom. The Hall–Kier alpha value is -3.03. The van der Waals surface area contributed by atoms with E-state index in [0.29, 0.717) is 24.6 Å². The summed E-state index contributed by atoms with van der Waals surface area (Å²) in [4.78, 5) is 28.5. The maximum absolute atomic E-state index is 12.7. The largest absolute Gasteiger partial charge is 0.416 e. The van der Waals surface area contributed by atoms with Gasteiger partial charge in [0.1, 0.15) is 0 Å². The minimum Gasteiger partial charge on any atom is -0.358 e. The number of anilines is 2. The number of fused-ring (bicyclic) bond motifs is 1. The molecule has 2 fully saturated rings. The Balaban J connectivity index is 1.22. The number of nitrogens with one attached hydrogen (secondary N) is 1. The highest BCUT2D eigenvalue weighted by Gasteiger charge is 2.37. The van der Waals surface area contributed by atoms with E-state index in [2.05, 4.69) is 28.4 Å². The van der Waals surface area contributed by atoms with Gasteiger partial charge in [0.15, 0.2) is 12.5 Å². The van der Waals surface area contributed by atoms with Crippen molar-refractivity contribution in [2.75, 3.05) is 23.3 Å². The second kappa shape index (κ2) is 8.39. The van der Waals surface area contributed by atoms with Crippen molar-refractivity contribution >= 4 is 23.6 Å². The lowest BCUT2D eigenvalue weighted by Crippen LogP contribution is -2.51. The van der Waals surface area contributed by atoms with Crippen LogP contribution in [0.15, 0.2) is 42.5 Å². The number of halogens is 3. The molecule has 2 heterocycles. The van der Waals surface area contributed by atoms with E-state index in [1.807, 2.05) is 0 Å². The zero-order chi connectivity index (χ0) is 23.2. The molecule has 5 rings (SSSR count). The van der Waals surface area contributed by atoms with E-state index in [-0.39, 0.29) is 18.4 Å². The molecule has 174 valence electrons. The van der Waals surface area contributed by atoms with Crippen LogP contribution in [-0.2, 0) is 22.2 Å². The average molecular weight is 457 g/mol. The molecule has 1 amide bonds. The number of aldehydes is 1. The van der Waals surface area contributed by atoms with Gasteiger partial charge in [-0.3, -0.25) is 9.59 Å². The van der Waals surface area contributed by atoms with E-state index < -0.39 is 17.9 Å². The summed E-state index contributed by atoms with van der Waals surface area (Å²) < 4.78 is 38.2. The first kappa shape index (κ1) is 21.8. The van der Waals surface area contributed by atoms with Gasteiger partial charge >= 0.3 is 6.18 Å². The average Bonchev–Trinajstić information content (AvgIpc) is 3.59. The molecule has 1 N–H and O–H groups in total. The minimum atomic E-state index is -4.38. The molecule has 2 aromatic carbocycles. The fourth-order valence-corrected chi connectivity index (χ4v) is 4.95. The van der Waals surface area contributed by atoms with E-state index in [0.717, 1.165) is 42.6 Å². The zero-order valence-electron chi connectivity index (χ0n) is 18.1. The molecule has 1 saturated carbocycles. The van der Waals surface area contributed by atoms with E-state index in [1.165, 1.54) is 30.5 Å². The topological polar surface area (TPSA) is 52.7 Å². The van der Waals surface area contributed by atoms with Crippen molar-refractivity contribution in [3.05, 3.63) is 59.2 Å². The Labute approximate surface area is 190 Å². The molecule has 0 bridgehead atoms. The summed E-state index contributed by atoms with van der Waals surface area (Å²) in [6.07, 6.45) is 0.110. The van der Waals surface area contributed by atoms with Gasteiger partial charge in [-0.2, -0.15) is 13.2 Å². The zero-order valence-corrected chi connectivity index (χ0v) is 18.1. The maximum Gasteiger partial charge on any atom is 0.416 e. The number of likely N-dealkylation sites (tertiary alicyclic amines) is 1. The predicted octanol–water partition coefficient (Wildman–Crippen LogP) is 4.57. The van der Waals surface area contributed by atoms with Crippen LogP contribution in [0.25, 0.3) is 0 Å². The van der Waals surface area contributed by atoms with Gasteiger partial charge in [0.25, 0.3) is 0 Å². The summed E-state index contributed by atoms with van der Waals surface area (Å²) in [5, 5.41) is 3.30. The molecule has 1 atom stereocenters. The molecular weight excluding hydrogens is 431 g/mol. The van der Waals surface area contributed by atoms with Gasteiger partial charge in [0.05, 0.1) is 23.4 Å². The number of carbonyl (C=O) groups excluding carboxylic acids is 2. The molecule has 0 radical (unpaired) electrons. The first-order valence-electron chi connectivity index (χ1n) is 11.4. The molecule has 8 heteroatoms. The Morgan fingerprint density at radius 3 is 2.33 bits per heavy atom. The van der Waals surface area contributed by atoms with Crippen molar-refractivity contribution in [2.45, 2.75) is 56.4 Å². The molecule has 1 unspecified atom stereocenters. The third-order valence-corrected chi connectivity index (χ3v) is 6.93. The molecule has 0 spiro atoms. The summed E-state index contributed by atoms with van der Waals surface area (Å²) in [6, 6.07) is 11.3. The normalized spacial score (nSPS) is 21.0. The lowest BCUT2D eigenvalue weighted by molar-refractivity contribution is -0.137. The molecule has 33 heavy (non-hydrogen) atoms. The lowest BCUT2D eigenvalue weighted by Gasteiger charge is -2.39. The highest BCUT2D eigenvalue weighted by atomic mass is 19.4. The van der Waals surface area contributed by atoms with Crippen molar-refractivity contribution < 1.29 is 22.8 Å². The third-order valence-electron chi connectivity index (χ3n) is 6.93. The number of hydrogen-bond donors (Lipinski definition) is 1. The molecule has 1 aliphatic carbocycles. The van der Waals surface area contributed by atoms with Crippen LogP contribution in [0.4, 0.5) is 24.5 Å². The fourth-order valence-electron chi connectivity index (χ4n) is 4.95. The number of benzene rings is 2. The number of amides is 1. The fraction of sp³-hybridized carbons (Fsp3) is 0.440. The SMILES string of the molecule is O=CC1Nc2ccc(C3CC3)cc2N1C1CCN(C(=O)Cc2ccc(C(F)(F)F)cc2)CC1. The predicted molar refractivity (Wildman–Crippen MR) is 119 cm³/mol. The summed E-state index contributed by atoms with van der Waals surface area (Å²) in [6.45, 7) is 1.12. The van der Waals surface area contributed by atoms with Gasteiger partial charge in [-0.15, -0.1) is 0 Å². The van der Waals surface area contributed by atoms with Crippen LogP contribution in [0.3, 0.4) is 0 Å². The number of piperidine rings is 1. The Kier molecular flexibility index (Phi) is 5.54. The molecule has 1 saturated heterocycles. The van der Waals surface area contributed by atoms with Gasteiger partial charge < -0.3 is 15.1 Å². The molecule has 2 aliphatic heterocycles. The van der Waals surface area contributed by atoms with Crippen molar-refractivity contribution in [3.8, 4) is 0 Å². The quantitative estimate of drug-likeness (QED) is 0.669. The second-order valence-electron chi connectivity index (χ2n) is 9.17. The van der Waals surface area contributed by atoms with Gasteiger partial charge in [-0.1, -0.05) is 18.2 Å². The van der Waals surface area contributed by atoms with Crippen molar-refractivity contribution in [2.24, 2.45) is 0 Å². The number of alkyl halides is 3. The van der Waals surface area contributed by atoms with E-state index in [4.69, 9.17) is 0 Å². The molecular formula is C25H26F3N3O2. The number of nitrogens with zero attached hydrogens (tertiary/aromatic N) is 2. The molecule has 2 aromatic rings. The van der Waals surface area contributed by atoms with Crippen molar-refractivity contribution in [1.82, 2.24) is 4.90 Å². The van der Waals surface area contributed by atoms with Crippen LogP contribution in [0.1, 0.15) is 48.3 Å². The van der Waals surface area contributed by atoms with Crippen LogP contribution in [-0.4, -0.2) is 42.4 Å².